The van der Waals surface area contributed by atoms with E-state index < -0.39 is 5.41 Å². The quantitative estimate of drug-likeness (QED) is 0.491. The van der Waals surface area contributed by atoms with Crippen LogP contribution in [0.4, 0.5) is 0 Å². The van der Waals surface area contributed by atoms with Gasteiger partial charge in [0.05, 0.1) is 13.2 Å². The zero-order valence-electron chi connectivity index (χ0n) is 8.37. The van der Waals surface area contributed by atoms with Crippen molar-refractivity contribution in [1.29, 1.82) is 0 Å². The van der Waals surface area contributed by atoms with E-state index in [1.165, 1.54) is 7.11 Å². The SMILES string of the molecule is C/C=C/[C@@]1(C(=O)OC)C[C@H]1OCC. The second-order valence-corrected chi connectivity index (χ2v) is 3.18. The van der Waals surface area contributed by atoms with Crippen molar-refractivity contribution in [3.8, 4) is 0 Å². The van der Waals surface area contributed by atoms with Crippen LogP contribution in [0.25, 0.3) is 0 Å². The van der Waals surface area contributed by atoms with E-state index in [0.717, 1.165) is 6.42 Å². The molecule has 0 unspecified atom stereocenters. The second kappa shape index (κ2) is 3.92. The number of ether oxygens (including phenoxy) is 2. The van der Waals surface area contributed by atoms with Crippen LogP contribution >= 0.6 is 0 Å². The van der Waals surface area contributed by atoms with Gasteiger partial charge in [0, 0.05) is 6.61 Å². The van der Waals surface area contributed by atoms with Gasteiger partial charge in [-0.15, -0.1) is 0 Å². The van der Waals surface area contributed by atoms with E-state index in [9.17, 15) is 4.79 Å². The van der Waals surface area contributed by atoms with Crippen molar-refractivity contribution in [3.63, 3.8) is 0 Å². The van der Waals surface area contributed by atoms with Crippen molar-refractivity contribution in [1.82, 2.24) is 0 Å². The lowest BCUT2D eigenvalue weighted by atomic mass is 10.1. The molecule has 1 aliphatic rings. The minimum Gasteiger partial charge on any atom is -0.468 e. The maximum atomic E-state index is 11.4. The Morgan fingerprint density at radius 3 is 2.85 bits per heavy atom. The topological polar surface area (TPSA) is 35.5 Å². The Kier molecular flexibility index (Phi) is 3.09. The van der Waals surface area contributed by atoms with E-state index in [1.54, 1.807) is 0 Å². The average Bonchev–Trinajstić information content (AvgIpc) is 2.80. The van der Waals surface area contributed by atoms with Gasteiger partial charge >= 0.3 is 5.97 Å². The lowest BCUT2D eigenvalue weighted by molar-refractivity contribution is -0.146. The van der Waals surface area contributed by atoms with Gasteiger partial charge in [-0.05, 0) is 20.3 Å². The molecule has 1 aliphatic carbocycles. The highest BCUT2D eigenvalue weighted by Crippen LogP contribution is 2.50. The third-order valence-electron chi connectivity index (χ3n) is 2.33. The van der Waals surface area contributed by atoms with Gasteiger partial charge in [0.25, 0.3) is 0 Å². The Hall–Kier alpha value is -0.830. The smallest absolute Gasteiger partial charge is 0.318 e. The molecular formula is C10H16O3. The fraction of sp³-hybridized carbons (Fsp3) is 0.700. The van der Waals surface area contributed by atoms with Crippen molar-refractivity contribution >= 4 is 5.97 Å². The summed E-state index contributed by atoms with van der Waals surface area (Å²) in [5.74, 6) is -0.191. The summed E-state index contributed by atoms with van der Waals surface area (Å²) in [6.45, 7) is 4.46. The van der Waals surface area contributed by atoms with Gasteiger partial charge in [-0.3, -0.25) is 4.79 Å². The molecule has 0 amide bonds. The number of hydrogen-bond donors (Lipinski definition) is 0. The van der Waals surface area contributed by atoms with Crippen LogP contribution in [0, 0.1) is 5.41 Å². The molecule has 3 heteroatoms. The van der Waals surface area contributed by atoms with Crippen LogP contribution in [-0.2, 0) is 14.3 Å². The zero-order chi connectivity index (χ0) is 9.90. The summed E-state index contributed by atoms with van der Waals surface area (Å²) in [5.41, 5.74) is -0.487. The van der Waals surface area contributed by atoms with Gasteiger partial charge in [0.2, 0.25) is 0 Å². The van der Waals surface area contributed by atoms with Crippen LogP contribution in [0.3, 0.4) is 0 Å². The molecule has 1 rings (SSSR count). The fourth-order valence-corrected chi connectivity index (χ4v) is 1.60. The predicted octanol–water partition coefficient (Wildman–Crippen LogP) is 1.53. The van der Waals surface area contributed by atoms with Gasteiger partial charge in [-0.25, -0.2) is 0 Å². The molecule has 0 spiro atoms. The number of hydrogen-bond acceptors (Lipinski definition) is 3. The maximum absolute atomic E-state index is 11.4. The predicted molar refractivity (Wildman–Crippen MR) is 49.3 cm³/mol. The molecule has 0 aromatic heterocycles. The molecule has 1 fully saturated rings. The van der Waals surface area contributed by atoms with Crippen LogP contribution in [0.15, 0.2) is 12.2 Å². The number of carbonyl (C=O) groups is 1. The molecule has 0 N–H and O–H groups in total. The van der Waals surface area contributed by atoms with E-state index in [-0.39, 0.29) is 12.1 Å². The standard InChI is InChI=1S/C10H16O3/c1-4-6-10(9(11)12-3)7-8(10)13-5-2/h4,6,8H,5,7H2,1-3H3/b6-4+/t8-,10-/m1/s1. The van der Waals surface area contributed by atoms with E-state index in [4.69, 9.17) is 9.47 Å². The minimum absolute atomic E-state index is 0.0150. The van der Waals surface area contributed by atoms with Gasteiger partial charge in [0.1, 0.15) is 5.41 Å². The van der Waals surface area contributed by atoms with Crippen LogP contribution in [0.1, 0.15) is 20.3 Å². The van der Waals surface area contributed by atoms with Gasteiger partial charge in [-0.2, -0.15) is 0 Å². The average molecular weight is 184 g/mol. The van der Waals surface area contributed by atoms with Crippen LogP contribution < -0.4 is 0 Å². The van der Waals surface area contributed by atoms with Gasteiger partial charge < -0.3 is 9.47 Å². The lowest BCUT2D eigenvalue weighted by Gasteiger charge is -2.09. The van der Waals surface area contributed by atoms with Crippen molar-refractivity contribution in [2.45, 2.75) is 26.4 Å². The summed E-state index contributed by atoms with van der Waals surface area (Å²) in [4.78, 5) is 11.4. The Bertz CT molecular complexity index is 222. The zero-order valence-corrected chi connectivity index (χ0v) is 8.37. The fourth-order valence-electron chi connectivity index (χ4n) is 1.60. The summed E-state index contributed by atoms with van der Waals surface area (Å²) in [7, 11) is 1.41. The van der Waals surface area contributed by atoms with E-state index in [1.807, 2.05) is 26.0 Å². The highest BCUT2D eigenvalue weighted by atomic mass is 16.5. The van der Waals surface area contributed by atoms with E-state index in [0.29, 0.717) is 6.61 Å². The summed E-state index contributed by atoms with van der Waals surface area (Å²) in [6.07, 6.45) is 4.51. The van der Waals surface area contributed by atoms with Gasteiger partial charge in [-0.1, -0.05) is 12.2 Å². The first-order chi connectivity index (χ1) is 6.21. The van der Waals surface area contributed by atoms with Crippen LogP contribution in [0.2, 0.25) is 0 Å². The molecule has 0 aromatic rings. The molecule has 0 heterocycles. The third kappa shape index (κ3) is 1.75. The number of rotatable bonds is 4. The number of esters is 1. The highest BCUT2D eigenvalue weighted by molar-refractivity contribution is 5.83. The Morgan fingerprint density at radius 2 is 2.38 bits per heavy atom. The van der Waals surface area contributed by atoms with Crippen LogP contribution in [0.5, 0.6) is 0 Å². The van der Waals surface area contributed by atoms with Crippen molar-refractivity contribution < 1.29 is 14.3 Å². The molecular weight excluding hydrogens is 168 g/mol. The van der Waals surface area contributed by atoms with Gasteiger partial charge in [0.15, 0.2) is 0 Å². The van der Waals surface area contributed by atoms with E-state index >= 15 is 0 Å². The Morgan fingerprint density at radius 1 is 1.69 bits per heavy atom. The molecule has 74 valence electrons. The normalized spacial score (nSPS) is 32.1. The largest absolute Gasteiger partial charge is 0.468 e. The first-order valence-electron chi connectivity index (χ1n) is 4.55. The Balaban J connectivity index is 2.65. The number of methoxy groups -OCH3 is 1. The minimum atomic E-state index is -0.487. The highest BCUT2D eigenvalue weighted by Gasteiger charge is 2.60. The first kappa shape index (κ1) is 10.3. The molecule has 0 aliphatic heterocycles. The van der Waals surface area contributed by atoms with E-state index in [2.05, 4.69) is 0 Å². The van der Waals surface area contributed by atoms with Crippen molar-refractivity contribution in [2.75, 3.05) is 13.7 Å². The molecule has 2 atom stereocenters. The number of carbonyl (C=O) groups excluding carboxylic acids is 1. The molecule has 3 nitrogen and oxygen atoms in total. The van der Waals surface area contributed by atoms with Crippen molar-refractivity contribution in [2.24, 2.45) is 5.41 Å². The van der Waals surface area contributed by atoms with Crippen LogP contribution in [-0.4, -0.2) is 25.8 Å². The van der Waals surface area contributed by atoms with Crippen molar-refractivity contribution in [3.05, 3.63) is 12.2 Å². The summed E-state index contributed by atoms with van der Waals surface area (Å²) in [5, 5.41) is 0. The summed E-state index contributed by atoms with van der Waals surface area (Å²) in [6, 6.07) is 0. The summed E-state index contributed by atoms with van der Waals surface area (Å²) < 4.78 is 10.1. The molecule has 0 bridgehead atoms. The maximum Gasteiger partial charge on any atom is 0.318 e. The monoisotopic (exact) mass is 184 g/mol. The number of allylic oxidation sites excluding steroid dienone is 1. The molecule has 1 saturated carbocycles. The molecule has 0 radical (unpaired) electrons. The first-order valence-corrected chi connectivity index (χ1v) is 4.55. The Labute approximate surface area is 78.7 Å². The second-order valence-electron chi connectivity index (χ2n) is 3.18. The lowest BCUT2D eigenvalue weighted by Crippen LogP contribution is -2.20. The summed E-state index contributed by atoms with van der Waals surface area (Å²) >= 11 is 0. The molecule has 13 heavy (non-hydrogen) atoms. The molecule has 0 saturated heterocycles. The molecule has 0 aromatic carbocycles. The third-order valence-corrected chi connectivity index (χ3v) is 2.33.